The molecule has 2 nitrogen and oxygen atoms in total. The molecular weight excluding hydrogens is 227 g/mol. The van der Waals surface area contributed by atoms with E-state index in [0.29, 0.717) is 0 Å². The van der Waals surface area contributed by atoms with Crippen LogP contribution in [0.5, 0.6) is 0 Å². The van der Waals surface area contributed by atoms with Gasteiger partial charge in [0, 0.05) is 13.1 Å². The van der Waals surface area contributed by atoms with E-state index in [1.807, 2.05) is 13.0 Å². The van der Waals surface area contributed by atoms with Crippen LogP contribution < -0.4 is 5.32 Å². The number of aryl methyl sites for hydroxylation is 1. The Morgan fingerprint density at radius 1 is 1.44 bits per heavy atom. The minimum Gasteiger partial charge on any atom is -0.312 e. The van der Waals surface area contributed by atoms with Gasteiger partial charge in [-0.1, -0.05) is 6.07 Å². The zero-order valence-corrected chi connectivity index (χ0v) is 11.4. The Morgan fingerprint density at radius 3 is 3.06 bits per heavy atom. The van der Waals surface area contributed by atoms with Gasteiger partial charge in [-0.05, 0) is 69.1 Å². The van der Waals surface area contributed by atoms with Crippen molar-refractivity contribution in [2.45, 2.75) is 26.3 Å². The molecule has 1 aromatic rings. The largest absolute Gasteiger partial charge is 0.312 e. The molecule has 0 aromatic heterocycles. The molecule has 1 aliphatic heterocycles. The number of likely N-dealkylation sites (tertiary alicyclic amines) is 1. The maximum absolute atomic E-state index is 13.1. The summed E-state index contributed by atoms with van der Waals surface area (Å²) >= 11 is 0. The third kappa shape index (κ3) is 3.79. The topological polar surface area (TPSA) is 15.3 Å². The Hall–Kier alpha value is -0.930. The number of rotatable bonds is 4. The fraction of sp³-hybridized carbons (Fsp3) is 0.600. The highest BCUT2D eigenvalue weighted by atomic mass is 19.1. The fourth-order valence-corrected chi connectivity index (χ4v) is 2.68. The van der Waals surface area contributed by atoms with Crippen LogP contribution in [0.4, 0.5) is 4.39 Å². The minimum absolute atomic E-state index is 0.144. The molecule has 1 fully saturated rings. The molecule has 0 saturated carbocycles. The molecular formula is C15H23FN2. The number of hydrogen-bond donors (Lipinski definition) is 1. The maximum atomic E-state index is 13.1. The Labute approximate surface area is 109 Å². The molecule has 1 unspecified atom stereocenters. The van der Waals surface area contributed by atoms with Crippen molar-refractivity contribution in [1.29, 1.82) is 0 Å². The second-order valence-corrected chi connectivity index (χ2v) is 5.47. The fourth-order valence-electron chi connectivity index (χ4n) is 2.68. The van der Waals surface area contributed by atoms with Crippen molar-refractivity contribution >= 4 is 0 Å². The molecule has 0 bridgehead atoms. The van der Waals surface area contributed by atoms with Crippen LogP contribution in [0.3, 0.4) is 0 Å². The van der Waals surface area contributed by atoms with Gasteiger partial charge < -0.3 is 10.2 Å². The van der Waals surface area contributed by atoms with Gasteiger partial charge in [0.25, 0.3) is 0 Å². The van der Waals surface area contributed by atoms with E-state index in [0.717, 1.165) is 30.1 Å². The van der Waals surface area contributed by atoms with Crippen LogP contribution in [0.1, 0.15) is 24.0 Å². The molecule has 1 heterocycles. The van der Waals surface area contributed by atoms with E-state index in [4.69, 9.17) is 0 Å². The lowest BCUT2D eigenvalue weighted by atomic mass is 9.98. The van der Waals surface area contributed by atoms with Crippen molar-refractivity contribution in [3.63, 3.8) is 0 Å². The first-order valence-electron chi connectivity index (χ1n) is 6.79. The number of benzene rings is 1. The number of piperidine rings is 1. The van der Waals surface area contributed by atoms with Crippen LogP contribution in [0.15, 0.2) is 18.2 Å². The van der Waals surface area contributed by atoms with Crippen molar-refractivity contribution in [3.8, 4) is 0 Å². The summed E-state index contributed by atoms with van der Waals surface area (Å²) in [6.45, 7) is 6.23. The molecule has 0 spiro atoms. The number of nitrogens with zero attached hydrogens (tertiary/aromatic N) is 1. The van der Waals surface area contributed by atoms with Crippen molar-refractivity contribution in [3.05, 3.63) is 35.1 Å². The first-order chi connectivity index (χ1) is 8.65. The summed E-state index contributed by atoms with van der Waals surface area (Å²) in [4.78, 5) is 2.39. The van der Waals surface area contributed by atoms with Crippen molar-refractivity contribution in [1.82, 2.24) is 10.2 Å². The summed E-state index contributed by atoms with van der Waals surface area (Å²) < 4.78 is 13.1. The SMILES string of the molecule is Cc1ccc(F)cc1CNCC1CCCN(C)C1. The van der Waals surface area contributed by atoms with E-state index in [1.165, 1.54) is 32.0 Å². The molecule has 0 amide bonds. The van der Waals surface area contributed by atoms with Gasteiger partial charge in [-0.3, -0.25) is 0 Å². The van der Waals surface area contributed by atoms with Crippen LogP contribution in [0.2, 0.25) is 0 Å². The van der Waals surface area contributed by atoms with E-state index in [2.05, 4.69) is 17.3 Å². The van der Waals surface area contributed by atoms with Gasteiger partial charge in [-0.25, -0.2) is 4.39 Å². The molecule has 100 valence electrons. The molecule has 1 aromatic carbocycles. The van der Waals surface area contributed by atoms with Crippen LogP contribution >= 0.6 is 0 Å². The molecule has 1 N–H and O–H groups in total. The summed E-state index contributed by atoms with van der Waals surface area (Å²) in [7, 11) is 2.18. The summed E-state index contributed by atoms with van der Waals surface area (Å²) in [6.07, 6.45) is 2.60. The standard InChI is InChI=1S/C15H23FN2/c1-12-5-6-15(16)8-14(12)10-17-9-13-4-3-7-18(2)11-13/h5-6,8,13,17H,3-4,7,9-11H2,1-2H3. The van der Waals surface area contributed by atoms with Crippen LogP contribution in [-0.2, 0) is 6.54 Å². The number of hydrogen-bond acceptors (Lipinski definition) is 2. The van der Waals surface area contributed by atoms with Crippen molar-refractivity contribution < 1.29 is 4.39 Å². The molecule has 1 saturated heterocycles. The molecule has 3 heteroatoms. The Bertz CT molecular complexity index is 392. The van der Waals surface area contributed by atoms with Gasteiger partial charge in [0.2, 0.25) is 0 Å². The third-order valence-electron chi connectivity index (χ3n) is 3.78. The smallest absolute Gasteiger partial charge is 0.123 e. The highest BCUT2D eigenvalue weighted by Crippen LogP contribution is 2.15. The van der Waals surface area contributed by atoms with Crippen LogP contribution in [0, 0.1) is 18.7 Å². The first kappa shape index (κ1) is 13.5. The van der Waals surface area contributed by atoms with Gasteiger partial charge in [-0.2, -0.15) is 0 Å². The zero-order valence-electron chi connectivity index (χ0n) is 11.4. The lowest BCUT2D eigenvalue weighted by Crippen LogP contribution is -2.37. The van der Waals surface area contributed by atoms with Gasteiger partial charge in [0.15, 0.2) is 0 Å². The number of halogens is 1. The van der Waals surface area contributed by atoms with Crippen LogP contribution in [0.25, 0.3) is 0 Å². The van der Waals surface area contributed by atoms with Gasteiger partial charge >= 0.3 is 0 Å². The first-order valence-corrected chi connectivity index (χ1v) is 6.79. The van der Waals surface area contributed by atoms with Gasteiger partial charge in [-0.15, -0.1) is 0 Å². The van der Waals surface area contributed by atoms with Gasteiger partial charge in [0.1, 0.15) is 5.82 Å². The molecule has 0 radical (unpaired) electrons. The second kappa shape index (κ2) is 6.30. The minimum atomic E-state index is -0.144. The maximum Gasteiger partial charge on any atom is 0.123 e. The summed E-state index contributed by atoms with van der Waals surface area (Å²) in [5.41, 5.74) is 2.23. The molecule has 2 rings (SSSR count). The highest BCUT2D eigenvalue weighted by molar-refractivity contribution is 5.26. The second-order valence-electron chi connectivity index (χ2n) is 5.47. The summed E-state index contributed by atoms with van der Waals surface area (Å²) in [5.74, 6) is 0.590. The highest BCUT2D eigenvalue weighted by Gasteiger charge is 2.16. The third-order valence-corrected chi connectivity index (χ3v) is 3.78. The quantitative estimate of drug-likeness (QED) is 0.883. The average molecular weight is 250 g/mol. The number of nitrogens with one attached hydrogen (secondary N) is 1. The predicted molar refractivity (Wildman–Crippen MR) is 73.1 cm³/mol. The Balaban J connectivity index is 1.79. The van der Waals surface area contributed by atoms with E-state index >= 15 is 0 Å². The Morgan fingerprint density at radius 2 is 2.28 bits per heavy atom. The van der Waals surface area contributed by atoms with E-state index < -0.39 is 0 Å². The lowest BCUT2D eigenvalue weighted by Gasteiger charge is -2.29. The van der Waals surface area contributed by atoms with Crippen molar-refractivity contribution in [2.24, 2.45) is 5.92 Å². The molecule has 1 aliphatic rings. The lowest BCUT2D eigenvalue weighted by molar-refractivity contribution is 0.206. The molecule has 0 aliphatic carbocycles. The predicted octanol–water partition coefficient (Wildman–Crippen LogP) is 2.57. The van der Waals surface area contributed by atoms with E-state index in [1.54, 1.807) is 6.07 Å². The molecule has 18 heavy (non-hydrogen) atoms. The average Bonchev–Trinajstić information content (AvgIpc) is 2.34. The van der Waals surface area contributed by atoms with E-state index in [9.17, 15) is 4.39 Å². The Kier molecular flexibility index (Phi) is 4.72. The monoisotopic (exact) mass is 250 g/mol. The summed E-state index contributed by atoms with van der Waals surface area (Å²) in [6, 6.07) is 5.00. The summed E-state index contributed by atoms with van der Waals surface area (Å²) in [5, 5.41) is 3.47. The van der Waals surface area contributed by atoms with E-state index in [-0.39, 0.29) is 5.82 Å². The molecule has 1 atom stereocenters. The van der Waals surface area contributed by atoms with Crippen molar-refractivity contribution in [2.75, 3.05) is 26.7 Å². The van der Waals surface area contributed by atoms with Gasteiger partial charge in [0.05, 0.1) is 0 Å². The normalized spacial score (nSPS) is 21.2. The van der Waals surface area contributed by atoms with Crippen LogP contribution in [-0.4, -0.2) is 31.6 Å². The zero-order chi connectivity index (χ0) is 13.0.